The molecule has 0 saturated heterocycles. The lowest BCUT2D eigenvalue weighted by atomic mass is 9.67. The number of nitrogens with one attached hydrogen (secondary N) is 1. The van der Waals surface area contributed by atoms with Crippen molar-refractivity contribution >= 4 is 17.8 Å². The average molecular weight is 474 g/mol. The number of benzene rings is 3. The van der Waals surface area contributed by atoms with Gasteiger partial charge in [0.15, 0.2) is 0 Å². The summed E-state index contributed by atoms with van der Waals surface area (Å²) in [5, 5.41) is 2.84. The lowest BCUT2D eigenvalue weighted by Gasteiger charge is -2.36. The van der Waals surface area contributed by atoms with Crippen molar-refractivity contribution in [3.8, 4) is 0 Å². The summed E-state index contributed by atoms with van der Waals surface area (Å²) in [4.78, 5) is 38.0. The standard InChI is InChI=1S/C29H31NO5/c1-21(19-26(32)34-2)27(28(33)35-3)30-25(31)20-29(22-13-7-4-8-14-22,23-15-9-5-10-16-23)24-17-11-6-12-18-24/h4-18,21,27H,19-20H2,1-3H3,(H,30,31)/t21-,27-/m0/s1. The van der Waals surface area contributed by atoms with E-state index < -0.39 is 29.3 Å². The molecular weight excluding hydrogens is 442 g/mol. The van der Waals surface area contributed by atoms with Crippen LogP contribution in [0.1, 0.15) is 36.5 Å². The first-order valence-corrected chi connectivity index (χ1v) is 11.5. The van der Waals surface area contributed by atoms with Crippen molar-refractivity contribution in [3.63, 3.8) is 0 Å². The van der Waals surface area contributed by atoms with E-state index >= 15 is 0 Å². The number of ether oxygens (including phenoxy) is 2. The zero-order chi connectivity index (χ0) is 25.3. The average Bonchev–Trinajstić information content (AvgIpc) is 2.91. The van der Waals surface area contributed by atoms with Crippen LogP contribution in [0.3, 0.4) is 0 Å². The molecule has 0 aliphatic rings. The second-order valence-electron chi connectivity index (χ2n) is 8.51. The molecule has 3 aromatic carbocycles. The molecular formula is C29H31NO5. The van der Waals surface area contributed by atoms with E-state index in [1.165, 1.54) is 14.2 Å². The van der Waals surface area contributed by atoms with E-state index in [4.69, 9.17) is 9.47 Å². The Morgan fingerprint density at radius 1 is 0.743 bits per heavy atom. The number of rotatable bonds is 10. The molecule has 3 rings (SSSR count). The second-order valence-corrected chi connectivity index (χ2v) is 8.51. The van der Waals surface area contributed by atoms with Crippen LogP contribution in [0.25, 0.3) is 0 Å². The van der Waals surface area contributed by atoms with Crippen molar-refractivity contribution in [1.82, 2.24) is 5.32 Å². The summed E-state index contributed by atoms with van der Waals surface area (Å²) in [7, 11) is 2.54. The molecule has 0 saturated carbocycles. The number of hydrogen-bond donors (Lipinski definition) is 1. The minimum Gasteiger partial charge on any atom is -0.469 e. The van der Waals surface area contributed by atoms with Gasteiger partial charge < -0.3 is 14.8 Å². The Morgan fingerprint density at radius 3 is 1.54 bits per heavy atom. The molecule has 0 fully saturated rings. The number of methoxy groups -OCH3 is 2. The lowest BCUT2D eigenvalue weighted by molar-refractivity contribution is -0.148. The maximum Gasteiger partial charge on any atom is 0.328 e. The van der Waals surface area contributed by atoms with Crippen molar-refractivity contribution in [1.29, 1.82) is 0 Å². The van der Waals surface area contributed by atoms with Crippen LogP contribution >= 0.6 is 0 Å². The third-order valence-electron chi connectivity index (χ3n) is 6.28. The van der Waals surface area contributed by atoms with Crippen LogP contribution in [-0.4, -0.2) is 38.1 Å². The number of carbonyl (C=O) groups excluding carboxylic acids is 3. The topological polar surface area (TPSA) is 81.7 Å². The van der Waals surface area contributed by atoms with E-state index in [2.05, 4.69) is 5.32 Å². The zero-order valence-electron chi connectivity index (χ0n) is 20.3. The molecule has 6 nitrogen and oxygen atoms in total. The van der Waals surface area contributed by atoms with Gasteiger partial charge in [0.25, 0.3) is 0 Å². The predicted octanol–water partition coefficient (Wildman–Crippen LogP) is 4.27. The molecule has 1 amide bonds. The highest BCUT2D eigenvalue weighted by Gasteiger charge is 2.40. The van der Waals surface area contributed by atoms with Crippen molar-refractivity contribution in [2.45, 2.75) is 31.2 Å². The van der Waals surface area contributed by atoms with Crippen LogP contribution in [-0.2, 0) is 29.3 Å². The van der Waals surface area contributed by atoms with Crippen molar-refractivity contribution in [2.75, 3.05) is 14.2 Å². The first-order valence-electron chi connectivity index (χ1n) is 11.5. The van der Waals surface area contributed by atoms with Crippen LogP contribution in [0.4, 0.5) is 0 Å². The van der Waals surface area contributed by atoms with Gasteiger partial charge in [-0.1, -0.05) is 97.9 Å². The number of esters is 2. The molecule has 0 radical (unpaired) electrons. The maximum atomic E-state index is 13.6. The van der Waals surface area contributed by atoms with E-state index in [0.717, 1.165) is 16.7 Å². The summed E-state index contributed by atoms with van der Waals surface area (Å²) in [6.07, 6.45) is 0.0151. The molecule has 0 unspecified atom stereocenters. The van der Waals surface area contributed by atoms with E-state index in [0.29, 0.717) is 0 Å². The third-order valence-corrected chi connectivity index (χ3v) is 6.28. The molecule has 1 N–H and O–H groups in total. The minimum atomic E-state index is -0.994. The fourth-order valence-electron chi connectivity index (χ4n) is 4.46. The molecule has 2 atom stereocenters. The molecule has 0 aliphatic carbocycles. The van der Waals surface area contributed by atoms with Gasteiger partial charge in [-0.3, -0.25) is 9.59 Å². The van der Waals surface area contributed by atoms with Gasteiger partial charge in [0.1, 0.15) is 6.04 Å². The van der Waals surface area contributed by atoms with E-state index in [1.54, 1.807) is 6.92 Å². The van der Waals surface area contributed by atoms with Crippen LogP contribution in [0, 0.1) is 5.92 Å². The Balaban J connectivity index is 2.05. The molecule has 0 bridgehead atoms. The van der Waals surface area contributed by atoms with E-state index in [-0.39, 0.29) is 18.7 Å². The first kappa shape index (κ1) is 25.7. The summed E-state index contributed by atoms with van der Waals surface area (Å²) in [6.45, 7) is 1.71. The highest BCUT2D eigenvalue weighted by Crippen LogP contribution is 2.42. The van der Waals surface area contributed by atoms with Crippen molar-refractivity contribution in [3.05, 3.63) is 108 Å². The van der Waals surface area contributed by atoms with Gasteiger partial charge in [0, 0.05) is 6.42 Å². The van der Waals surface area contributed by atoms with Crippen molar-refractivity contribution in [2.24, 2.45) is 5.92 Å². The Kier molecular flexibility index (Phi) is 8.79. The molecule has 6 heteroatoms. The maximum absolute atomic E-state index is 13.6. The number of carbonyl (C=O) groups is 3. The minimum absolute atomic E-state index is 0.0300. The van der Waals surface area contributed by atoms with Crippen molar-refractivity contribution < 1.29 is 23.9 Å². The van der Waals surface area contributed by atoms with Gasteiger partial charge in [-0.05, 0) is 22.6 Å². The highest BCUT2D eigenvalue weighted by atomic mass is 16.5. The highest BCUT2D eigenvalue weighted by molar-refractivity contribution is 5.87. The van der Waals surface area contributed by atoms with Crippen LogP contribution in [0.5, 0.6) is 0 Å². The Labute approximate surface area is 206 Å². The van der Waals surface area contributed by atoms with Gasteiger partial charge >= 0.3 is 11.9 Å². The molecule has 0 aliphatic heterocycles. The van der Waals surface area contributed by atoms with E-state index in [1.807, 2.05) is 91.0 Å². The Morgan fingerprint density at radius 2 is 1.17 bits per heavy atom. The van der Waals surface area contributed by atoms with Gasteiger partial charge in [0.05, 0.1) is 26.1 Å². The number of amides is 1. The van der Waals surface area contributed by atoms with Gasteiger partial charge in [0.2, 0.25) is 5.91 Å². The molecule has 0 heterocycles. The van der Waals surface area contributed by atoms with Crippen LogP contribution < -0.4 is 5.32 Å². The molecule has 35 heavy (non-hydrogen) atoms. The molecule has 3 aromatic rings. The lowest BCUT2D eigenvalue weighted by Crippen LogP contribution is -2.48. The fraction of sp³-hybridized carbons (Fsp3) is 0.276. The second kappa shape index (κ2) is 12.0. The number of hydrogen-bond acceptors (Lipinski definition) is 5. The summed E-state index contributed by atoms with van der Waals surface area (Å²) < 4.78 is 9.67. The van der Waals surface area contributed by atoms with E-state index in [9.17, 15) is 14.4 Å². The summed E-state index contributed by atoms with van der Waals surface area (Å²) in [5.74, 6) is -1.93. The van der Waals surface area contributed by atoms with Gasteiger partial charge in [-0.25, -0.2) is 4.79 Å². The smallest absolute Gasteiger partial charge is 0.328 e. The quantitative estimate of drug-likeness (QED) is 0.351. The predicted molar refractivity (Wildman–Crippen MR) is 134 cm³/mol. The zero-order valence-corrected chi connectivity index (χ0v) is 20.3. The van der Waals surface area contributed by atoms with Gasteiger partial charge in [-0.2, -0.15) is 0 Å². The molecule has 182 valence electrons. The monoisotopic (exact) mass is 473 g/mol. The Hall–Kier alpha value is -3.93. The Bertz CT molecular complexity index is 1020. The van der Waals surface area contributed by atoms with Crippen LogP contribution in [0.15, 0.2) is 91.0 Å². The molecule has 0 aromatic heterocycles. The SMILES string of the molecule is COC(=O)C[C@H](C)[C@H](NC(=O)CC(c1ccccc1)(c1ccccc1)c1ccccc1)C(=O)OC. The normalized spacial score (nSPS) is 12.8. The van der Waals surface area contributed by atoms with Crippen LogP contribution in [0.2, 0.25) is 0 Å². The summed E-state index contributed by atoms with van der Waals surface area (Å²) in [5.41, 5.74) is 2.04. The largest absolute Gasteiger partial charge is 0.469 e. The molecule has 0 spiro atoms. The summed E-state index contributed by atoms with van der Waals surface area (Å²) in [6, 6.07) is 28.5. The fourth-order valence-corrected chi connectivity index (χ4v) is 4.46. The third kappa shape index (κ3) is 5.96. The van der Waals surface area contributed by atoms with Gasteiger partial charge in [-0.15, -0.1) is 0 Å². The summed E-state index contributed by atoms with van der Waals surface area (Å²) >= 11 is 0. The first-order chi connectivity index (χ1) is 16.9.